The van der Waals surface area contributed by atoms with E-state index in [0.29, 0.717) is 19.4 Å². The number of alkyl halides is 3. The lowest BCUT2D eigenvalue weighted by atomic mass is 9.85. The number of aromatic amines is 1. The number of H-pyrrole nitrogens is 1. The van der Waals surface area contributed by atoms with Gasteiger partial charge in [0.15, 0.2) is 0 Å². The summed E-state index contributed by atoms with van der Waals surface area (Å²) in [5.74, 6) is -1.11. The minimum atomic E-state index is -4.02. The largest absolute Gasteiger partial charge is 0.391 e. The number of aromatic nitrogens is 1. The van der Waals surface area contributed by atoms with E-state index in [2.05, 4.69) is 28.5 Å². The maximum Gasteiger partial charge on any atom is 0.391 e. The molecule has 1 aliphatic carbocycles. The van der Waals surface area contributed by atoms with Crippen molar-refractivity contribution in [1.29, 1.82) is 0 Å². The maximum atomic E-state index is 12.6. The average Bonchev–Trinajstić information content (AvgIpc) is 2.92. The highest BCUT2D eigenvalue weighted by molar-refractivity contribution is 5.79. The molecular weight excluding hydrogens is 277 g/mol. The van der Waals surface area contributed by atoms with Gasteiger partial charge in [0.2, 0.25) is 0 Å². The molecule has 0 aliphatic heterocycles. The summed E-state index contributed by atoms with van der Waals surface area (Å²) in [7, 11) is 0. The van der Waals surface area contributed by atoms with Crippen molar-refractivity contribution in [3.63, 3.8) is 0 Å². The zero-order chi connectivity index (χ0) is 14.9. The van der Waals surface area contributed by atoms with E-state index in [9.17, 15) is 13.2 Å². The smallest absolute Gasteiger partial charge is 0.361 e. The number of halogens is 3. The van der Waals surface area contributed by atoms with Crippen molar-refractivity contribution >= 4 is 10.9 Å². The van der Waals surface area contributed by atoms with Crippen LogP contribution < -0.4 is 5.32 Å². The Morgan fingerprint density at radius 1 is 1.10 bits per heavy atom. The van der Waals surface area contributed by atoms with Crippen LogP contribution in [0.1, 0.15) is 31.2 Å². The summed E-state index contributed by atoms with van der Waals surface area (Å²) < 4.78 is 37.8. The predicted molar refractivity (Wildman–Crippen MR) is 76.9 cm³/mol. The maximum absolute atomic E-state index is 12.6. The Morgan fingerprint density at radius 2 is 1.86 bits per heavy atom. The van der Waals surface area contributed by atoms with Crippen molar-refractivity contribution in [2.75, 3.05) is 0 Å². The molecule has 2 aromatic rings. The fraction of sp³-hybridized carbons (Fsp3) is 0.500. The SMILES string of the molecule is FC(F)(F)C1CCC(NCc2ccc3cc[nH]c3c2)CC1. The third-order valence-electron chi connectivity index (χ3n) is 4.40. The second-order valence-electron chi connectivity index (χ2n) is 5.87. The van der Waals surface area contributed by atoms with Crippen LogP contribution >= 0.6 is 0 Å². The summed E-state index contributed by atoms with van der Waals surface area (Å²) in [4.78, 5) is 3.17. The van der Waals surface area contributed by atoms with Gasteiger partial charge in [0, 0.05) is 24.3 Å². The second kappa shape index (κ2) is 5.72. The Labute approximate surface area is 121 Å². The van der Waals surface area contributed by atoms with E-state index < -0.39 is 12.1 Å². The van der Waals surface area contributed by atoms with Crippen molar-refractivity contribution in [2.45, 2.75) is 44.4 Å². The zero-order valence-corrected chi connectivity index (χ0v) is 11.7. The molecule has 1 saturated carbocycles. The van der Waals surface area contributed by atoms with Crippen LogP contribution in [0.25, 0.3) is 10.9 Å². The number of rotatable bonds is 3. The molecule has 2 N–H and O–H groups in total. The molecule has 5 heteroatoms. The normalized spacial score (nSPS) is 23.6. The molecule has 0 unspecified atom stereocenters. The van der Waals surface area contributed by atoms with Crippen LogP contribution in [0.3, 0.4) is 0 Å². The van der Waals surface area contributed by atoms with Gasteiger partial charge in [-0.25, -0.2) is 0 Å². The van der Waals surface area contributed by atoms with Gasteiger partial charge in [-0.3, -0.25) is 0 Å². The fourth-order valence-corrected chi connectivity index (χ4v) is 3.09. The first-order valence-electron chi connectivity index (χ1n) is 7.38. The van der Waals surface area contributed by atoms with E-state index >= 15 is 0 Å². The topological polar surface area (TPSA) is 27.8 Å². The van der Waals surface area contributed by atoms with E-state index in [0.717, 1.165) is 11.1 Å². The molecule has 1 heterocycles. The molecule has 0 bridgehead atoms. The molecule has 0 radical (unpaired) electrons. The molecular formula is C16H19F3N2. The van der Waals surface area contributed by atoms with Gasteiger partial charge >= 0.3 is 6.18 Å². The lowest BCUT2D eigenvalue weighted by Gasteiger charge is -2.30. The van der Waals surface area contributed by atoms with Gasteiger partial charge in [0.1, 0.15) is 0 Å². The molecule has 1 aliphatic rings. The quantitative estimate of drug-likeness (QED) is 0.864. The van der Waals surface area contributed by atoms with Crippen molar-refractivity contribution in [2.24, 2.45) is 5.92 Å². The molecule has 1 aromatic heterocycles. The Bertz CT molecular complexity index is 595. The summed E-state index contributed by atoms with van der Waals surface area (Å²) in [5.41, 5.74) is 2.25. The summed E-state index contributed by atoms with van der Waals surface area (Å²) in [5, 5.41) is 4.56. The van der Waals surface area contributed by atoms with Gasteiger partial charge < -0.3 is 10.3 Å². The van der Waals surface area contributed by atoms with Crippen LogP contribution in [0.15, 0.2) is 30.5 Å². The number of hydrogen-bond donors (Lipinski definition) is 2. The molecule has 0 amide bonds. The third-order valence-corrected chi connectivity index (χ3v) is 4.40. The van der Waals surface area contributed by atoms with Crippen molar-refractivity contribution in [3.8, 4) is 0 Å². The van der Waals surface area contributed by atoms with Gasteiger partial charge in [-0.05, 0) is 48.8 Å². The lowest BCUT2D eigenvalue weighted by Crippen LogP contribution is -2.36. The van der Waals surface area contributed by atoms with Crippen LogP contribution in [0.2, 0.25) is 0 Å². The third kappa shape index (κ3) is 3.40. The zero-order valence-electron chi connectivity index (χ0n) is 11.7. The number of nitrogens with one attached hydrogen (secondary N) is 2. The Kier molecular flexibility index (Phi) is 3.93. The number of fused-ring (bicyclic) bond motifs is 1. The number of hydrogen-bond acceptors (Lipinski definition) is 1. The molecule has 2 nitrogen and oxygen atoms in total. The molecule has 0 saturated heterocycles. The monoisotopic (exact) mass is 296 g/mol. The van der Waals surface area contributed by atoms with Gasteiger partial charge in [0.25, 0.3) is 0 Å². The molecule has 114 valence electrons. The first-order chi connectivity index (χ1) is 10.0. The fourth-order valence-electron chi connectivity index (χ4n) is 3.09. The van der Waals surface area contributed by atoms with Crippen molar-refractivity contribution in [3.05, 3.63) is 36.0 Å². The summed E-state index contributed by atoms with van der Waals surface area (Å²) in [6, 6.07) is 8.42. The predicted octanol–water partition coefficient (Wildman–Crippen LogP) is 4.38. The summed E-state index contributed by atoms with van der Waals surface area (Å²) in [6.07, 6.45) is -0.415. The average molecular weight is 296 g/mol. The number of benzene rings is 1. The van der Waals surface area contributed by atoms with Gasteiger partial charge in [-0.2, -0.15) is 13.2 Å². The molecule has 21 heavy (non-hydrogen) atoms. The first-order valence-corrected chi connectivity index (χ1v) is 7.38. The Morgan fingerprint density at radius 3 is 2.57 bits per heavy atom. The van der Waals surface area contributed by atoms with E-state index in [4.69, 9.17) is 0 Å². The summed E-state index contributed by atoms with van der Waals surface area (Å²) in [6.45, 7) is 0.705. The minimum absolute atomic E-state index is 0.197. The first kappa shape index (κ1) is 14.4. The minimum Gasteiger partial charge on any atom is -0.361 e. The van der Waals surface area contributed by atoms with E-state index in [-0.39, 0.29) is 18.9 Å². The Balaban J connectivity index is 1.52. The van der Waals surface area contributed by atoms with Gasteiger partial charge in [-0.15, -0.1) is 0 Å². The molecule has 1 fully saturated rings. The van der Waals surface area contributed by atoms with Crippen molar-refractivity contribution in [1.82, 2.24) is 10.3 Å². The highest BCUT2D eigenvalue weighted by Gasteiger charge is 2.41. The van der Waals surface area contributed by atoms with Crippen LogP contribution in [-0.4, -0.2) is 17.2 Å². The van der Waals surface area contributed by atoms with Gasteiger partial charge in [-0.1, -0.05) is 12.1 Å². The molecule has 0 atom stereocenters. The van der Waals surface area contributed by atoms with Crippen molar-refractivity contribution < 1.29 is 13.2 Å². The standard InChI is InChI=1S/C16H19F3N2/c17-16(18,19)13-3-5-14(6-4-13)21-10-11-1-2-12-7-8-20-15(12)9-11/h1-2,7-9,13-14,20-21H,3-6,10H2. The van der Waals surface area contributed by atoms with E-state index in [1.165, 1.54) is 5.39 Å². The van der Waals surface area contributed by atoms with E-state index in [1.54, 1.807) is 0 Å². The van der Waals surface area contributed by atoms with Crippen LogP contribution in [0.4, 0.5) is 13.2 Å². The second-order valence-corrected chi connectivity index (χ2v) is 5.87. The lowest BCUT2D eigenvalue weighted by molar-refractivity contribution is -0.182. The molecule has 3 rings (SSSR count). The molecule has 1 aromatic carbocycles. The van der Waals surface area contributed by atoms with Crippen LogP contribution in [-0.2, 0) is 6.54 Å². The van der Waals surface area contributed by atoms with Crippen LogP contribution in [0, 0.1) is 5.92 Å². The highest BCUT2D eigenvalue weighted by atomic mass is 19.4. The van der Waals surface area contributed by atoms with E-state index in [1.807, 2.05) is 12.3 Å². The Hall–Kier alpha value is -1.49. The van der Waals surface area contributed by atoms with Gasteiger partial charge in [0.05, 0.1) is 5.92 Å². The van der Waals surface area contributed by atoms with Crippen LogP contribution in [0.5, 0.6) is 0 Å². The summed E-state index contributed by atoms with van der Waals surface area (Å²) >= 11 is 0. The highest BCUT2D eigenvalue weighted by Crippen LogP contribution is 2.37. The molecule has 0 spiro atoms.